The van der Waals surface area contributed by atoms with E-state index in [9.17, 15) is 0 Å². The molecule has 2 aromatic carbocycles. The molecule has 0 aliphatic rings. The Kier molecular flexibility index (Phi) is 3.94. The van der Waals surface area contributed by atoms with Crippen LogP contribution in [0.3, 0.4) is 0 Å². The minimum absolute atomic E-state index is 0.0561. The molecule has 0 saturated heterocycles. The maximum absolute atomic E-state index is 6.40. The van der Waals surface area contributed by atoms with Gasteiger partial charge in [0.15, 0.2) is 0 Å². The highest BCUT2D eigenvalue weighted by Gasteiger charge is 2.17. The third kappa shape index (κ3) is 3.13. The summed E-state index contributed by atoms with van der Waals surface area (Å²) in [5.74, 6) is 0. The first-order chi connectivity index (χ1) is 8.79. The summed E-state index contributed by atoms with van der Waals surface area (Å²) >= 11 is 12.6. The van der Waals surface area contributed by atoms with Gasteiger partial charge in [0, 0.05) is 10.0 Å². The second kappa shape index (κ2) is 5.19. The van der Waals surface area contributed by atoms with E-state index in [0.717, 1.165) is 32.3 Å². The lowest BCUT2D eigenvalue weighted by atomic mass is 9.86. The number of hydrogen-bond donors (Lipinski definition) is 0. The third-order valence-electron chi connectivity index (χ3n) is 3.28. The molecule has 0 N–H and O–H groups in total. The van der Waals surface area contributed by atoms with Crippen LogP contribution in [0.5, 0.6) is 0 Å². The van der Waals surface area contributed by atoms with Crippen molar-refractivity contribution in [1.29, 1.82) is 0 Å². The molecule has 2 rings (SSSR count). The molecule has 0 nitrogen and oxygen atoms in total. The van der Waals surface area contributed by atoms with Crippen molar-refractivity contribution in [1.82, 2.24) is 0 Å². The molecule has 0 unspecified atom stereocenters. The van der Waals surface area contributed by atoms with Gasteiger partial charge in [0.1, 0.15) is 0 Å². The predicted octanol–water partition coefficient (Wildman–Crippen LogP) is 6.27. The van der Waals surface area contributed by atoms with Crippen LogP contribution in [-0.4, -0.2) is 0 Å². The zero-order valence-corrected chi connectivity index (χ0v) is 13.2. The number of hydrogen-bond acceptors (Lipinski definition) is 0. The lowest BCUT2D eigenvalue weighted by Crippen LogP contribution is -2.11. The summed E-state index contributed by atoms with van der Waals surface area (Å²) < 4.78 is 0. The highest BCUT2D eigenvalue weighted by atomic mass is 35.5. The van der Waals surface area contributed by atoms with Crippen LogP contribution < -0.4 is 0 Å². The summed E-state index contributed by atoms with van der Waals surface area (Å²) in [7, 11) is 0. The van der Waals surface area contributed by atoms with Crippen molar-refractivity contribution in [2.75, 3.05) is 0 Å². The Labute approximate surface area is 125 Å². The van der Waals surface area contributed by atoms with Crippen LogP contribution in [0.2, 0.25) is 10.0 Å². The second-order valence-electron chi connectivity index (χ2n) is 5.91. The Bertz CT molecular complexity index is 607. The van der Waals surface area contributed by atoms with Crippen LogP contribution >= 0.6 is 23.2 Å². The first kappa shape index (κ1) is 14.4. The topological polar surface area (TPSA) is 0 Å². The quantitative estimate of drug-likeness (QED) is 0.581. The fraction of sp³-hybridized carbons (Fsp3) is 0.294. The van der Waals surface area contributed by atoms with E-state index < -0.39 is 0 Å². The third-order valence-corrected chi connectivity index (χ3v) is 4.00. The van der Waals surface area contributed by atoms with Gasteiger partial charge >= 0.3 is 0 Å². The summed E-state index contributed by atoms with van der Waals surface area (Å²) in [5.41, 5.74) is 4.50. The fourth-order valence-electron chi connectivity index (χ4n) is 2.08. The highest BCUT2D eigenvalue weighted by molar-refractivity contribution is 6.32. The van der Waals surface area contributed by atoms with Crippen molar-refractivity contribution < 1.29 is 0 Å². The summed E-state index contributed by atoms with van der Waals surface area (Å²) in [6.45, 7) is 8.49. The Hall–Kier alpha value is -0.980. The molecule has 0 atom stereocenters. The Morgan fingerprint density at radius 3 is 1.79 bits per heavy atom. The lowest BCUT2D eigenvalue weighted by molar-refractivity contribution is 0.590. The fourth-order valence-corrected chi connectivity index (χ4v) is 2.72. The normalized spacial score (nSPS) is 11.7. The SMILES string of the molecule is Cc1ccc(-c2ccc(C(C)(C)C)c(Cl)c2)cc1Cl. The molecular formula is C17H18Cl2. The number of aryl methyl sites for hydroxylation is 1. The molecule has 0 saturated carbocycles. The van der Waals surface area contributed by atoms with Crippen molar-refractivity contribution in [3.05, 3.63) is 57.6 Å². The lowest BCUT2D eigenvalue weighted by Gasteiger charge is -2.21. The molecule has 0 bridgehead atoms. The summed E-state index contributed by atoms with van der Waals surface area (Å²) in [6.07, 6.45) is 0. The highest BCUT2D eigenvalue weighted by Crippen LogP contribution is 2.33. The largest absolute Gasteiger partial charge is 0.0840 e. The molecule has 100 valence electrons. The monoisotopic (exact) mass is 292 g/mol. The van der Waals surface area contributed by atoms with Crippen LogP contribution in [0.4, 0.5) is 0 Å². The van der Waals surface area contributed by atoms with E-state index in [4.69, 9.17) is 23.2 Å². The average Bonchev–Trinajstić information content (AvgIpc) is 2.31. The van der Waals surface area contributed by atoms with Crippen molar-refractivity contribution in [2.45, 2.75) is 33.1 Å². The van der Waals surface area contributed by atoms with E-state index in [1.54, 1.807) is 0 Å². The second-order valence-corrected chi connectivity index (χ2v) is 6.72. The van der Waals surface area contributed by atoms with Crippen LogP contribution in [0.15, 0.2) is 36.4 Å². The van der Waals surface area contributed by atoms with E-state index >= 15 is 0 Å². The molecular weight excluding hydrogens is 275 g/mol. The first-order valence-electron chi connectivity index (χ1n) is 6.35. The Balaban J connectivity index is 2.47. The van der Waals surface area contributed by atoms with E-state index in [0.29, 0.717) is 0 Å². The molecule has 0 aromatic heterocycles. The zero-order chi connectivity index (χ0) is 14.2. The van der Waals surface area contributed by atoms with Crippen LogP contribution in [0, 0.1) is 6.92 Å². The van der Waals surface area contributed by atoms with E-state index in [1.165, 1.54) is 0 Å². The number of rotatable bonds is 1. The van der Waals surface area contributed by atoms with Gasteiger partial charge in [-0.25, -0.2) is 0 Å². The van der Waals surface area contributed by atoms with E-state index in [2.05, 4.69) is 39.0 Å². The molecule has 0 heterocycles. The first-order valence-corrected chi connectivity index (χ1v) is 7.11. The van der Waals surface area contributed by atoms with E-state index in [1.807, 2.05) is 25.1 Å². The average molecular weight is 293 g/mol. The van der Waals surface area contributed by atoms with Crippen molar-refractivity contribution in [2.24, 2.45) is 0 Å². The number of benzene rings is 2. The van der Waals surface area contributed by atoms with Gasteiger partial charge in [-0.15, -0.1) is 0 Å². The smallest absolute Gasteiger partial charge is 0.0449 e. The molecule has 0 aliphatic carbocycles. The van der Waals surface area contributed by atoms with Crippen LogP contribution in [0.1, 0.15) is 31.9 Å². The minimum Gasteiger partial charge on any atom is -0.0840 e. The molecule has 2 aromatic rings. The molecule has 0 aliphatic heterocycles. The van der Waals surface area contributed by atoms with Crippen LogP contribution in [-0.2, 0) is 5.41 Å². The molecule has 0 radical (unpaired) electrons. The van der Waals surface area contributed by atoms with Gasteiger partial charge in [-0.3, -0.25) is 0 Å². The molecule has 0 fully saturated rings. The minimum atomic E-state index is 0.0561. The van der Waals surface area contributed by atoms with Crippen molar-refractivity contribution in [3.8, 4) is 11.1 Å². The van der Waals surface area contributed by atoms with Crippen molar-refractivity contribution in [3.63, 3.8) is 0 Å². The molecule has 19 heavy (non-hydrogen) atoms. The van der Waals surface area contributed by atoms with Gasteiger partial charge in [0.25, 0.3) is 0 Å². The Morgan fingerprint density at radius 2 is 1.32 bits per heavy atom. The standard InChI is InChI=1S/C17H18Cl2/c1-11-5-6-12(9-15(11)18)13-7-8-14(16(19)10-13)17(2,3)4/h5-10H,1-4H3. The summed E-state index contributed by atoms with van der Waals surface area (Å²) in [4.78, 5) is 0. The van der Waals surface area contributed by atoms with E-state index in [-0.39, 0.29) is 5.41 Å². The van der Waals surface area contributed by atoms with Gasteiger partial charge < -0.3 is 0 Å². The zero-order valence-electron chi connectivity index (χ0n) is 11.7. The van der Waals surface area contributed by atoms with Crippen molar-refractivity contribution >= 4 is 23.2 Å². The number of halogens is 2. The van der Waals surface area contributed by atoms with Gasteiger partial charge in [-0.2, -0.15) is 0 Å². The summed E-state index contributed by atoms with van der Waals surface area (Å²) in [5, 5.41) is 1.59. The Morgan fingerprint density at radius 1 is 0.789 bits per heavy atom. The molecule has 0 amide bonds. The molecule has 2 heteroatoms. The van der Waals surface area contributed by atoms with Gasteiger partial charge in [-0.05, 0) is 46.7 Å². The maximum Gasteiger partial charge on any atom is 0.0449 e. The summed E-state index contributed by atoms with van der Waals surface area (Å²) in [6, 6.07) is 12.3. The molecule has 0 spiro atoms. The predicted molar refractivity (Wildman–Crippen MR) is 85.3 cm³/mol. The van der Waals surface area contributed by atoms with Gasteiger partial charge in [-0.1, -0.05) is 68.2 Å². The van der Waals surface area contributed by atoms with Crippen LogP contribution in [0.25, 0.3) is 11.1 Å². The van der Waals surface area contributed by atoms with Gasteiger partial charge in [0.05, 0.1) is 0 Å². The maximum atomic E-state index is 6.40. The van der Waals surface area contributed by atoms with Gasteiger partial charge in [0.2, 0.25) is 0 Å².